The number of benzene rings is 2. The molecule has 0 atom stereocenters. The maximum absolute atomic E-state index is 8.98. The third kappa shape index (κ3) is 3.59. The van der Waals surface area contributed by atoms with Crippen molar-refractivity contribution in [2.24, 2.45) is 0 Å². The first-order valence-corrected chi connectivity index (χ1v) is 7.95. The van der Waals surface area contributed by atoms with Crippen LogP contribution in [0.3, 0.4) is 0 Å². The highest BCUT2D eigenvalue weighted by Gasteiger charge is 2.20. The Morgan fingerprint density at radius 1 is 1.09 bits per heavy atom. The van der Waals surface area contributed by atoms with Gasteiger partial charge in [0.25, 0.3) is 0 Å². The minimum atomic E-state index is 0.745. The van der Waals surface area contributed by atoms with Crippen molar-refractivity contribution >= 4 is 17.3 Å². The Morgan fingerprint density at radius 3 is 2.59 bits per heavy atom. The van der Waals surface area contributed by atoms with Crippen LogP contribution in [-0.4, -0.2) is 26.2 Å². The first kappa shape index (κ1) is 14.9. The van der Waals surface area contributed by atoms with E-state index in [1.54, 1.807) is 4.90 Å². The van der Waals surface area contributed by atoms with Crippen molar-refractivity contribution in [2.75, 3.05) is 31.1 Å². The quantitative estimate of drug-likeness (QED) is 0.941. The van der Waals surface area contributed by atoms with E-state index in [0.717, 1.165) is 43.3 Å². The second kappa shape index (κ2) is 6.83. The molecule has 0 unspecified atom stereocenters. The molecule has 1 N–H and O–H groups in total. The normalized spacial score (nSPS) is 15.5. The smallest absolute Gasteiger partial charge is 0.103 e. The highest BCUT2D eigenvalue weighted by Crippen LogP contribution is 2.19. The van der Waals surface area contributed by atoms with Gasteiger partial charge < -0.3 is 9.80 Å². The van der Waals surface area contributed by atoms with E-state index in [9.17, 15) is 0 Å². The number of anilines is 1. The molecule has 0 amide bonds. The van der Waals surface area contributed by atoms with Gasteiger partial charge in [-0.25, -0.2) is 0 Å². The van der Waals surface area contributed by atoms with Gasteiger partial charge in [0.15, 0.2) is 0 Å². The average Bonchev–Trinajstić information content (AvgIpc) is 2.56. The van der Waals surface area contributed by atoms with Crippen molar-refractivity contribution in [1.82, 2.24) is 0 Å². The zero-order valence-corrected chi connectivity index (χ0v) is 13.2. The van der Waals surface area contributed by atoms with E-state index in [4.69, 9.17) is 16.9 Å². The third-order valence-corrected chi connectivity index (χ3v) is 4.39. The molecule has 2 aromatic rings. The summed E-state index contributed by atoms with van der Waals surface area (Å²) in [5.74, 6) is 0. The number of hydrogen-bond donors (Lipinski definition) is 1. The van der Waals surface area contributed by atoms with Gasteiger partial charge >= 0.3 is 0 Å². The summed E-state index contributed by atoms with van der Waals surface area (Å²) in [6.45, 7) is 5.26. The molecule has 4 heteroatoms. The van der Waals surface area contributed by atoms with Gasteiger partial charge in [-0.1, -0.05) is 29.8 Å². The Morgan fingerprint density at radius 2 is 1.86 bits per heavy atom. The number of nitrogens with zero attached hydrogens (tertiary/aromatic N) is 2. The second-order valence-corrected chi connectivity index (χ2v) is 6.14. The standard InChI is InChI=1S/C18H18ClN3/c19-17-5-2-6-18(12-17)22-9-7-21(8-10-22)14-16-4-1-3-15(11-16)13-20/h1-6,11-12H,7-10,14H2/p+1. The minimum Gasteiger partial charge on any atom is -0.360 e. The van der Waals surface area contributed by atoms with Gasteiger partial charge in [-0.2, -0.15) is 5.26 Å². The van der Waals surface area contributed by atoms with Gasteiger partial charge in [0, 0.05) is 16.3 Å². The molecule has 3 rings (SSSR count). The van der Waals surface area contributed by atoms with Gasteiger partial charge in [-0.3, -0.25) is 0 Å². The molecule has 22 heavy (non-hydrogen) atoms. The fraction of sp³-hybridized carbons (Fsp3) is 0.278. The summed E-state index contributed by atoms with van der Waals surface area (Å²) >= 11 is 6.07. The fourth-order valence-electron chi connectivity index (χ4n) is 2.97. The molecule has 1 saturated heterocycles. The fourth-order valence-corrected chi connectivity index (χ4v) is 3.15. The van der Waals surface area contributed by atoms with E-state index in [2.05, 4.69) is 23.1 Å². The van der Waals surface area contributed by atoms with Gasteiger partial charge in [-0.15, -0.1) is 0 Å². The van der Waals surface area contributed by atoms with Gasteiger partial charge in [0.1, 0.15) is 6.54 Å². The van der Waals surface area contributed by atoms with Crippen molar-refractivity contribution in [2.45, 2.75) is 6.54 Å². The van der Waals surface area contributed by atoms with Gasteiger partial charge in [0.05, 0.1) is 37.8 Å². The highest BCUT2D eigenvalue weighted by atomic mass is 35.5. The summed E-state index contributed by atoms with van der Waals surface area (Å²) in [4.78, 5) is 3.95. The molecule has 1 aliphatic heterocycles. The molecule has 2 aromatic carbocycles. The van der Waals surface area contributed by atoms with Crippen LogP contribution in [0.15, 0.2) is 48.5 Å². The van der Waals surface area contributed by atoms with E-state index in [1.807, 2.05) is 36.4 Å². The molecule has 3 nitrogen and oxygen atoms in total. The van der Waals surface area contributed by atoms with Crippen LogP contribution >= 0.6 is 11.6 Å². The largest absolute Gasteiger partial charge is 0.360 e. The van der Waals surface area contributed by atoms with Crippen LogP contribution in [0.4, 0.5) is 5.69 Å². The zero-order valence-electron chi connectivity index (χ0n) is 12.4. The van der Waals surface area contributed by atoms with E-state index in [1.165, 1.54) is 11.3 Å². The Kier molecular flexibility index (Phi) is 4.62. The van der Waals surface area contributed by atoms with E-state index in [-0.39, 0.29) is 0 Å². The number of rotatable bonds is 3. The SMILES string of the molecule is N#Cc1cccc(C[NH+]2CCN(c3cccc(Cl)c3)CC2)c1. The summed E-state index contributed by atoms with van der Waals surface area (Å²) in [5, 5.41) is 9.77. The van der Waals surface area contributed by atoms with Crippen LogP contribution in [0.25, 0.3) is 0 Å². The van der Waals surface area contributed by atoms with Crippen molar-refractivity contribution in [3.63, 3.8) is 0 Å². The first-order chi connectivity index (χ1) is 10.7. The number of piperazine rings is 1. The minimum absolute atomic E-state index is 0.745. The van der Waals surface area contributed by atoms with Crippen LogP contribution in [0, 0.1) is 11.3 Å². The lowest BCUT2D eigenvalue weighted by Crippen LogP contribution is -3.13. The molecule has 1 fully saturated rings. The molecule has 112 valence electrons. The topological polar surface area (TPSA) is 31.5 Å². The van der Waals surface area contributed by atoms with Crippen molar-refractivity contribution in [1.29, 1.82) is 5.26 Å². The van der Waals surface area contributed by atoms with Crippen molar-refractivity contribution < 1.29 is 4.90 Å². The molecular weight excluding hydrogens is 294 g/mol. The first-order valence-electron chi connectivity index (χ1n) is 7.58. The number of hydrogen-bond acceptors (Lipinski definition) is 2. The predicted octanol–water partition coefficient (Wildman–Crippen LogP) is 2.12. The summed E-state index contributed by atoms with van der Waals surface area (Å²) in [5.41, 5.74) is 3.19. The summed E-state index contributed by atoms with van der Waals surface area (Å²) in [6, 6.07) is 18.2. The van der Waals surface area contributed by atoms with E-state index < -0.39 is 0 Å². The second-order valence-electron chi connectivity index (χ2n) is 5.71. The van der Waals surface area contributed by atoms with Crippen molar-refractivity contribution in [3.8, 4) is 6.07 Å². The lowest BCUT2D eigenvalue weighted by atomic mass is 10.1. The summed E-state index contributed by atoms with van der Waals surface area (Å²) < 4.78 is 0. The van der Waals surface area contributed by atoms with Crippen LogP contribution in [0.2, 0.25) is 5.02 Å². The van der Waals surface area contributed by atoms with Crippen LogP contribution in [0.5, 0.6) is 0 Å². The number of quaternary nitrogens is 1. The van der Waals surface area contributed by atoms with Crippen LogP contribution in [0.1, 0.15) is 11.1 Å². The molecular formula is C18H19ClN3+. The number of nitrogens with one attached hydrogen (secondary N) is 1. The molecule has 1 aliphatic rings. The number of halogens is 1. The van der Waals surface area contributed by atoms with Gasteiger partial charge in [-0.05, 0) is 30.3 Å². The molecule has 0 bridgehead atoms. The zero-order chi connectivity index (χ0) is 15.4. The van der Waals surface area contributed by atoms with E-state index in [0.29, 0.717) is 0 Å². The molecule has 0 spiro atoms. The Balaban J connectivity index is 1.59. The monoisotopic (exact) mass is 312 g/mol. The molecule has 0 aliphatic carbocycles. The summed E-state index contributed by atoms with van der Waals surface area (Å²) in [7, 11) is 0. The Hall–Kier alpha value is -2.02. The maximum Gasteiger partial charge on any atom is 0.103 e. The lowest BCUT2D eigenvalue weighted by molar-refractivity contribution is -0.914. The van der Waals surface area contributed by atoms with E-state index >= 15 is 0 Å². The predicted molar refractivity (Wildman–Crippen MR) is 89.2 cm³/mol. The number of nitriles is 1. The maximum atomic E-state index is 8.98. The molecule has 1 heterocycles. The highest BCUT2D eigenvalue weighted by molar-refractivity contribution is 6.30. The summed E-state index contributed by atoms with van der Waals surface area (Å²) in [6.07, 6.45) is 0. The van der Waals surface area contributed by atoms with Crippen LogP contribution < -0.4 is 9.80 Å². The Bertz CT molecular complexity index is 685. The molecule has 0 saturated carbocycles. The molecule has 0 aromatic heterocycles. The molecule has 0 radical (unpaired) electrons. The van der Waals surface area contributed by atoms with Crippen molar-refractivity contribution in [3.05, 3.63) is 64.7 Å². The Labute approximate surface area is 136 Å². The lowest BCUT2D eigenvalue weighted by Gasteiger charge is -2.33. The van der Waals surface area contributed by atoms with Gasteiger partial charge in [0.2, 0.25) is 0 Å². The average molecular weight is 313 g/mol. The van der Waals surface area contributed by atoms with Crippen LogP contribution in [-0.2, 0) is 6.54 Å². The third-order valence-electron chi connectivity index (χ3n) is 4.15.